The third-order valence-corrected chi connectivity index (χ3v) is 6.02. The maximum atomic E-state index is 11.5. The third-order valence-electron chi connectivity index (χ3n) is 5.09. The van der Waals surface area contributed by atoms with Crippen LogP contribution in [0.25, 0.3) is 21.5 Å². The zero-order valence-corrected chi connectivity index (χ0v) is 17.4. The number of amides is 1. The van der Waals surface area contributed by atoms with Crippen molar-refractivity contribution in [3.8, 4) is 17.0 Å². The van der Waals surface area contributed by atoms with Gasteiger partial charge in [-0.1, -0.05) is 0 Å². The second-order valence-electron chi connectivity index (χ2n) is 6.78. The van der Waals surface area contributed by atoms with Crippen LogP contribution in [0.3, 0.4) is 0 Å². The molecule has 1 amide bonds. The number of ether oxygens (including phenoxy) is 1. The van der Waals surface area contributed by atoms with E-state index in [-0.39, 0.29) is 24.2 Å². The van der Waals surface area contributed by atoms with Gasteiger partial charge < -0.3 is 15.4 Å². The molecule has 5 nitrogen and oxygen atoms in total. The summed E-state index contributed by atoms with van der Waals surface area (Å²) in [6, 6.07) is 12.3. The van der Waals surface area contributed by atoms with E-state index in [4.69, 9.17) is 15.5 Å². The summed E-state index contributed by atoms with van der Waals surface area (Å²) in [5.41, 5.74) is 9.72. The number of rotatable bonds is 5. The Kier molecular flexibility index (Phi) is 6.42. The standard InChI is InChI=1S/C21H23N3O2S.ClH/c1-2-26-16-5-3-14(4-6-16)18-13-19(20-17(23-18)9-12-27-20)24-10-7-15(8-11-24)21(22)25;/h3-6,9,12-13,15H,2,7-8,10-11H2,1H3,(H2,22,25);1H. The van der Waals surface area contributed by atoms with Gasteiger partial charge in [-0.15, -0.1) is 23.7 Å². The molecule has 2 N–H and O–H groups in total. The van der Waals surface area contributed by atoms with Crippen molar-refractivity contribution in [1.82, 2.24) is 4.98 Å². The lowest BCUT2D eigenvalue weighted by Crippen LogP contribution is -2.38. The van der Waals surface area contributed by atoms with Gasteiger partial charge in [0.15, 0.2) is 0 Å². The van der Waals surface area contributed by atoms with Gasteiger partial charge in [0.25, 0.3) is 0 Å². The zero-order chi connectivity index (χ0) is 18.8. The molecule has 0 spiro atoms. The molecule has 0 aliphatic carbocycles. The topological polar surface area (TPSA) is 68.5 Å². The Labute approximate surface area is 174 Å². The van der Waals surface area contributed by atoms with E-state index in [1.807, 2.05) is 19.1 Å². The van der Waals surface area contributed by atoms with Crippen molar-refractivity contribution >= 4 is 45.6 Å². The fourth-order valence-electron chi connectivity index (χ4n) is 3.62. The van der Waals surface area contributed by atoms with Crippen LogP contribution in [0.15, 0.2) is 41.8 Å². The first-order valence-corrected chi connectivity index (χ1v) is 10.2. The van der Waals surface area contributed by atoms with Crippen LogP contribution in [-0.4, -0.2) is 30.6 Å². The van der Waals surface area contributed by atoms with E-state index < -0.39 is 0 Å². The molecule has 148 valence electrons. The first-order valence-electron chi connectivity index (χ1n) is 9.31. The van der Waals surface area contributed by atoms with Crippen LogP contribution < -0.4 is 15.4 Å². The second kappa shape index (κ2) is 8.80. The molecule has 1 aliphatic rings. The van der Waals surface area contributed by atoms with Crippen LogP contribution in [0.1, 0.15) is 19.8 Å². The lowest BCUT2D eigenvalue weighted by atomic mass is 9.96. The number of benzene rings is 1. The number of carbonyl (C=O) groups is 1. The van der Waals surface area contributed by atoms with E-state index in [0.717, 1.165) is 48.5 Å². The molecule has 3 heterocycles. The van der Waals surface area contributed by atoms with Crippen molar-refractivity contribution in [3.05, 3.63) is 41.8 Å². The molecule has 1 aliphatic heterocycles. The van der Waals surface area contributed by atoms with Crippen molar-refractivity contribution in [2.75, 3.05) is 24.6 Å². The van der Waals surface area contributed by atoms with Gasteiger partial charge in [0.05, 0.1) is 28.2 Å². The summed E-state index contributed by atoms with van der Waals surface area (Å²) in [5.74, 6) is 0.680. The number of piperidine rings is 1. The van der Waals surface area contributed by atoms with Crippen molar-refractivity contribution < 1.29 is 9.53 Å². The number of thiophene rings is 1. The number of anilines is 1. The molecule has 7 heteroatoms. The summed E-state index contributed by atoms with van der Waals surface area (Å²) >= 11 is 1.71. The summed E-state index contributed by atoms with van der Waals surface area (Å²) < 4.78 is 6.73. The summed E-state index contributed by atoms with van der Waals surface area (Å²) in [6.07, 6.45) is 1.62. The number of carbonyl (C=O) groups excluding carboxylic acids is 1. The van der Waals surface area contributed by atoms with Crippen molar-refractivity contribution in [3.63, 3.8) is 0 Å². The minimum absolute atomic E-state index is 0. The number of hydrogen-bond donors (Lipinski definition) is 1. The Morgan fingerprint density at radius 1 is 1.25 bits per heavy atom. The van der Waals surface area contributed by atoms with Gasteiger partial charge >= 0.3 is 0 Å². The molecule has 0 radical (unpaired) electrons. The predicted molar refractivity (Wildman–Crippen MR) is 118 cm³/mol. The molecular formula is C21H24ClN3O2S. The van der Waals surface area contributed by atoms with Crippen LogP contribution >= 0.6 is 23.7 Å². The molecule has 0 atom stereocenters. The van der Waals surface area contributed by atoms with E-state index in [1.54, 1.807) is 11.3 Å². The van der Waals surface area contributed by atoms with Crippen LogP contribution in [0.5, 0.6) is 5.75 Å². The third kappa shape index (κ3) is 4.08. The SMILES string of the molecule is CCOc1ccc(-c2cc(N3CCC(C(N)=O)CC3)c3sccc3n2)cc1.Cl. The average molecular weight is 418 g/mol. The van der Waals surface area contributed by atoms with Gasteiger partial charge in [0, 0.05) is 24.6 Å². The van der Waals surface area contributed by atoms with Gasteiger partial charge in [-0.05, 0) is 61.5 Å². The highest BCUT2D eigenvalue weighted by atomic mass is 35.5. The number of aromatic nitrogens is 1. The Morgan fingerprint density at radius 2 is 1.96 bits per heavy atom. The Balaban J connectivity index is 0.00000225. The second-order valence-corrected chi connectivity index (χ2v) is 7.70. The lowest BCUT2D eigenvalue weighted by Gasteiger charge is -2.32. The molecule has 3 aromatic rings. The number of fused-ring (bicyclic) bond motifs is 1. The quantitative estimate of drug-likeness (QED) is 0.664. The first-order chi connectivity index (χ1) is 13.2. The van der Waals surface area contributed by atoms with Crippen molar-refractivity contribution in [1.29, 1.82) is 0 Å². The Bertz CT molecular complexity index is 950. The molecule has 28 heavy (non-hydrogen) atoms. The Hall–Kier alpha value is -2.31. The minimum atomic E-state index is -0.180. The largest absolute Gasteiger partial charge is 0.494 e. The summed E-state index contributed by atoms with van der Waals surface area (Å²) in [5, 5.41) is 2.08. The van der Waals surface area contributed by atoms with Gasteiger partial charge in [-0.2, -0.15) is 0 Å². The highest BCUT2D eigenvalue weighted by molar-refractivity contribution is 7.17. The average Bonchev–Trinajstić information content (AvgIpc) is 3.17. The number of halogens is 1. The number of pyridine rings is 1. The fraction of sp³-hybridized carbons (Fsp3) is 0.333. The van der Waals surface area contributed by atoms with Gasteiger partial charge in [0.2, 0.25) is 5.91 Å². The monoisotopic (exact) mass is 417 g/mol. The molecule has 1 fully saturated rings. The maximum Gasteiger partial charge on any atom is 0.220 e. The summed E-state index contributed by atoms with van der Waals surface area (Å²) in [6.45, 7) is 4.32. The van der Waals surface area contributed by atoms with E-state index in [9.17, 15) is 4.79 Å². The number of nitrogens with two attached hydrogens (primary N) is 1. The Morgan fingerprint density at radius 3 is 2.61 bits per heavy atom. The predicted octanol–water partition coefficient (Wildman–Crippen LogP) is 4.49. The minimum Gasteiger partial charge on any atom is -0.494 e. The van der Waals surface area contributed by atoms with Crippen LogP contribution in [0, 0.1) is 5.92 Å². The van der Waals surface area contributed by atoms with Crippen LogP contribution in [0.2, 0.25) is 0 Å². The number of nitrogens with zero attached hydrogens (tertiary/aromatic N) is 2. The molecule has 0 unspecified atom stereocenters. The lowest BCUT2D eigenvalue weighted by molar-refractivity contribution is -0.122. The molecule has 0 bridgehead atoms. The molecule has 2 aromatic heterocycles. The molecule has 1 aromatic carbocycles. The zero-order valence-electron chi connectivity index (χ0n) is 15.8. The smallest absolute Gasteiger partial charge is 0.220 e. The molecule has 1 saturated heterocycles. The van der Waals surface area contributed by atoms with E-state index in [1.165, 1.54) is 10.4 Å². The van der Waals surface area contributed by atoms with Gasteiger partial charge in [-0.3, -0.25) is 4.79 Å². The maximum absolute atomic E-state index is 11.5. The molecule has 0 saturated carbocycles. The normalized spacial score (nSPS) is 14.7. The molecular weight excluding hydrogens is 394 g/mol. The van der Waals surface area contributed by atoms with E-state index >= 15 is 0 Å². The summed E-state index contributed by atoms with van der Waals surface area (Å²) in [7, 11) is 0. The number of hydrogen-bond acceptors (Lipinski definition) is 5. The van der Waals surface area contributed by atoms with Gasteiger partial charge in [0.1, 0.15) is 5.75 Å². The van der Waals surface area contributed by atoms with Crippen molar-refractivity contribution in [2.24, 2.45) is 11.7 Å². The highest BCUT2D eigenvalue weighted by Crippen LogP contribution is 2.36. The van der Waals surface area contributed by atoms with Crippen LogP contribution in [-0.2, 0) is 4.79 Å². The highest BCUT2D eigenvalue weighted by Gasteiger charge is 2.25. The number of primary amides is 1. The van der Waals surface area contributed by atoms with Gasteiger partial charge in [-0.25, -0.2) is 4.98 Å². The van der Waals surface area contributed by atoms with E-state index in [2.05, 4.69) is 34.5 Å². The fourth-order valence-corrected chi connectivity index (χ4v) is 4.49. The molecule has 4 rings (SSSR count). The van der Waals surface area contributed by atoms with Crippen molar-refractivity contribution in [2.45, 2.75) is 19.8 Å². The van der Waals surface area contributed by atoms with E-state index in [0.29, 0.717) is 6.61 Å². The van der Waals surface area contributed by atoms with Crippen LogP contribution in [0.4, 0.5) is 5.69 Å². The summed E-state index contributed by atoms with van der Waals surface area (Å²) in [4.78, 5) is 18.7. The first kappa shape index (κ1) is 20.4.